The second-order valence-electron chi connectivity index (χ2n) is 5.20. The van der Waals surface area contributed by atoms with Gasteiger partial charge >= 0.3 is 0 Å². The smallest absolute Gasteiger partial charge is 0.271 e. The van der Waals surface area contributed by atoms with Gasteiger partial charge in [-0.2, -0.15) is 5.10 Å². The van der Waals surface area contributed by atoms with E-state index in [0.29, 0.717) is 18.8 Å². The standard InChI is InChI=1S/C15H18N4O2/c1-21-12-4-2-10(3-5-12)13-8-14(18-17-13)15(20)19-7-6-11(16)9-19/h2-5,8,11H,6-7,9,16H2,1H3,(H,17,18)/t11-/m0/s1. The first-order valence-electron chi connectivity index (χ1n) is 6.92. The lowest BCUT2D eigenvalue weighted by Crippen LogP contribution is -2.32. The highest BCUT2D eigenvalue weighted by atomic mass is 16.5. The second-order valence-corrected chi connectivity index (χ2v) is 5.20. The lowest BCUT2D eigenvalue weighted by Gasteiger charge is -2.13. The van der Waals surface area contributed by atoms with E-state index in [4.69, 9.17) is 10.5 Å². The minimum atomic E-state index is -0.0461. The SMILES string of the molecule is COc1ccc(-c2cc(C(=O)N3CC[C@H](N)C3)[nH]n2)cc1. The molecule has 0 spiro atoms. The van der Waals surface area contributed by atoms with Crippen LogP contribution in [0.5, 0.6) is 5.75 Å². The minimum Gasteiger partial charge on any atom is -0.497 e. The number of likely N-dealkylation sites (tertiary alicyclic amines) is 1. The normalized spacial score (nSPS) is 18.0. The molecule has 1 aromatic heterocycles. The summed E-state index contributed by atoms with van der Waals surface area (Å²) in [5, 5.41) is 7.02. The van der Waals surface area contributed by atoms with E-state index in [-0.39, 0.29) is 11.9 Å². The van der Waals surface area contributed by atoms with Crippen LogP contribution in [0.25, 0.3) is 11.3 Å². The van der Waals surface area contributed by atoms with E-state index in [1.165, 1.54) is 0 Å². The molecular weight excluding hydrogens is 268 g/mol. The van der Waals surface area contributed by atoms with Crippen LogP contribution in [-0.2, 0) is 0 Å². The van der Waals surface area contributed by atoms with Crippen LogP contribution < -0.4 is 10.5 Å². The van der Waals surface area contributed by atoms with Crippen LogP contribution in [0, 0.1) is 0 Å². The van der Waals surface area contributed by atoms with Gasteiger partial charge in [0.15, 0.2) is 0 Å². The number of aromatic amines is 1. The number of hydrogen-bond donors (Lipinski definition) is 2. The third kappa shape index (κ3) is 2.75. The van der Waals surface area contributed by atoms with Crippen molar-refractivity contribution in [1.82, 2.24) is 15.1 Å². The molecule has 2 aromatic rings. The highest BCUT2D eigenvalue weighted by Crippen LogP contribution is 2.22. The summed E-state index contributed by atoms with van der Waals surface area (Å²) in [5.41, 5.74) is 8.00. The minimum absolute atomic E-state index is 0.0461. The van der Waals surface area contributed by atoms with Gasteiger partial charge in [0, 0.05) is 24.7 Å². The van der Waals surface area contributed by atoms with Gasteiger partial charge in [-0.05, 0) is 36.8 Å². The molecule has 21 heavy (non-hydrogen) atoms. The molecule has 1 amide bonds. The maximum absolute atomic E-state index is 12.3. The molecule has 3 N–H and O–H groups in total. The number of methoxy groups -OCH3 is 1. The van der Waals surface area contributed by atoms with Gasteiger partial charge in [-0.15, -0.1) is 0 Å². The van der Waals surface area contributed by atoms with Crippen LogP contribution in [-0.4, -0.2) is 47.2 Å². The molecular formula is C15H18N4O2. The Morgan fingerprint density at radius 1 is 1.43 bits per heavy atom. The fourth-order valence-corrected chi connectivity index (χ4v) is 2.48. The lowest BCUT2D eigenvalue weighted by atomic mass is 10.1. The van der Waals surface area contributed by atoms with Gasteiger partial charge in [0.05, 0.1) is 12.8 Å². The molecule has 0 radical (unpaired) electrons. The van der Waals surface area contributed by atoms with E-state index in [1.807, 2.05) is 24.3 Å². The Morgan fingerprint density at radius 2 is 2.19 bits per heavy atom. The third-order valence-electron chi connectivity index (χ3n) is 3.71. The highest BCUT2D eigenvalue weighted by Gasteiger charge is 2.25. The van der Waals surface area contributed by atoms with Crippen molar-refractivity contribution >= 4 is 5.91 Å². The monoisotopic (exact) mass is 286 g/mol. The number of carbonyl (C=O) groups is 1. The largest absolute Gasteiger partial charge is 0.497 e. The van der Waals surface area contributed by atoms with Crippen molar-refractivity contribution in [1.29, 1.82) is 0 Å². The first kappa shape index (κ1) is 13.6. The lowest BCUT2D eigenvalue weighted by molar-refractivity contribution is 0.0785. The van der Waals surface area contributed by atoms with Crippen molar-refractivity contribution in [3.05, 3.63) is 36.0 Å². The third-order valence-corrected chi connectivity index (χ3v) is 3.71. The average molecular weight is 286 g/mol. The molecule has 6 heteroatoms. The number of amides is 1. The predicted octanol–water partition coefficient (Wildman–Crippen LogP) is 1.26. The quantitative estimate of drug-likeness (QED) is 0.889. The Balaban J connectivity index is 1.77. The number of benzene rings is 1. The summed E-state index contributed by atoms with van der Waals surface area (Å²) in [6.07, 6.45) is 0.852. The number of rotatable bonds is 3. The van der Waals surface area contributed by atoms with Crippen LogP contribution >= 0.6 is 0 Å². The number of H-pyrrole nitrogens is 1. The van der Waals surface area contributed by atoms with Crippen LogP contribution in [0.1, 0.15) is 16.9 Å². The zero-order valence-electron chi connectivity index (χ0n) is 11.9. The number of nitrogens with two attached hydrogens (primary N) is 1. The van der Waals surface area contributed by atoms with Gasteiger partial charge in [0.25, 0.3) is 5.91 Å². The van der Waals surface area contributed by atoms with Crippen LogP contribution in [0.3, 0.4) is 0 Å². The maximum atomic E-state index is 12.3. The van der Waals surface area contributed by atoms with E-state index < -0.39 is 0 Å². The van der Waals surface area contributed by atoms with Crippen LogP contribution in [0.2, 0.25) is 0 Å². The second kappa shape index (κ2) is 5.57. The number of carbonyl (C=O) groups excluding carboxylic acids is 1. The van der Waals surface area contributed by atoms with Crippen molar-refractivity contribution < 1.29 is 9.53 Å². The van der Waals surface area contributed by atoms with Crippen molar-refractivity contribution in [2.24, 2.45) is 5.73 Å². The Labute approximate surface area is 122 Å². The zero-order valence-corrected chi connectivity index (χ0v) is 11.9. The van der Waals surface area contributed by atoms with Gasteiger partial charge in [-0.3, -0.25) is 9.89 Å². The van der Waals surface area contributed by atoms with E-state index >= 15 is 0 Å². The molecule has 1 atom stereocenters. The molecule has 110 valence electrons. The summed E-state index contributed by atoms with van der Waals surface area (Å²) in [5.74, 6) is 0.742. The molecule has 0 bridgehead atoms. The number of nitrogens with zero attached hydrogens (tertiary/aromatic N) is 2. The fraction of sp³-hybridized carbons (Fsp3) is 0.333. The molecule has 3 rings (SSSR count). The first-order valence-corrected chi connectivity index (χ1v) is 6.92. The van der Waals surface area contributed by atoms with Gasteiger partial charge in [-0.1, -0.05) is 0 Å². The van der Waals surface area contributed by atoms with Crippen LogP contribution in [0.15, 0.2) is 30.3 Å². The van der Waals surface area contributed by atoms with Gasteiger partial charge in [-0.25, -0.2) is 0 Å². The summed E-state index contributed by atoms with van der Waals surface area (Å²) in [7, 11) is 1.63. The topological polar surface area (TPSA) is 84.2 Å². The number of nitrogens with one attached hydrogen (secondary N) is 1. The van der Waals surface area contributed by atoms with E-state index in [9.17, 15) is 4.79 Å². The maximum Gasteiger partial charge on any atom is 0.271 e. The Kier molecular flexibility index (Phi) is 3.62. The molecule has 1 aromatic carbocycles. The Bertz CT molecular complexity index is 635. The van der Waals surface area contributed by atoms with E-state index in [1.54, 1.807) is 18.1 Å². The summed E-state index contributed by atoms with van der Waals surface area (Å²) in [4.78, 5) is 14.1. The highest BCUT2D eigenvalue weighted by molar-refractivity contribution is 5.93. The first-order chi connectivity index (χ1) is 10.2. The molecule has 1 fully saturated rings. The van der Waals surface area contributed by atoms with Gasteiger partial charge in [0.1, 0.15) is 11.4 Å². The fourth-order valence-electron chi connectivity index (χ4n) is 2.48. The molecule has 1 aliphatic rings. The zero-order chi connectivity index (χ0) is 14.8. The molecule has 2 heterocycles. The summed E-state index contributed by atoms with van der Waals surface area (Å²) >= 11 is 0. The van der Waals surface area contributed by atoms with Crippen LogP contribution in [0.4, 0.5) is 0 Å². The average Bonchev–Trinajstić information content (AvgIpc) is 3.16. The van der Waals surface area contributed by atoms with Crippen molar-refractivity contribution in [2.45, 2.75) is 12.5 Å². The number of hydrogen-bond acceptors (Lipinski definition) is 4. The van der Waals surface area contributed by atoms with Crippen molar-refractivity contribution in [3.8, 4) is 17.0 Å². The number of aromatic nitrogens is 2. The van der Waals surface area contributed by atoms with Gasteiger partial charge < -0.3 is 15.4 Å². The Hall–Kier alpha value is -2.34. The molecule has 0 saturated carbocycles. The summed E-state index contributed by atoms with van der Waals surface area (Å²) < 4.78 is 5.13. The van der Waals surface area contributed by atoms with Crippen molar-refractivity contribution in [3.63, 3.8) is 0 Å². The molecule has 6 nitrogen and oxygen atoms in total. The van der Waals surface area contributed by atoms with Crippen molar-refractivity contribution in [2.75, 3.05) is 20.2 Å². The summed E-state index contributed by atoms with van der Waals surface area (Å²) in [6.45, 7) is 1.31. The molecule has 0 aliphatic carbocycles. The summed E-state index contributed by atoms with van der Waals surface area (Å²) in [6, 6.07) is 9.41. The molecule has 1 saturated heterocycles. The predicted molar refractivity (Wildman–Crippen MR) is 79.1 cm³/mol. The van der Waals surface area contributed by atoms with E-state index in [0.717, 1.165) is 23.4 Å². The molecule has 0 unspecified atom stereocenters. The molecule has 1 aliphatic heterocycles. The van der Waals surface area contributed by atoms with E-state index in [2.05, 4.69) is 10.2 Å². The van der Waals surface area contributed by atoms with Gasteiger partial charge in [0.2, 0.25) is 0 Å². The Morgan fingerprint density at radius 3 is 2.81 bits per heavy atom. The number of ether oxygens (including phenoxy) is 1.